The fourth-order valence-corrected chi connectivity index (χ4v) is 2.90. The molecule has 0 saturated heterocycles. The summed E-state index contributed by atoms with van der Waals surface area (Å²) in [6.45, 7) is 2.74. The van der Waals surface area contributed by atoms with Crippen LogP contribution in [0.15, 0.2) is 53.6 Å². The van der Waals surface area contributed by atoms with Crippen LogP contribution in [0.2, 0.25) is 5.02 Å². The summed E-state index contributed by atoms with van der Waals surface area (Å²) >= 11 is 6.00. The Balaban J connectivity index is 1.93. The molecular formula is C18H20ClN3. The molecule has 1 aliphatic rings. The van der Waals surface area contributed by atoms with Crippen LogP contribution >= 0.6 is 11.6 Å². The molecule has 0 spiro atoms. The highest BCUT2D eigenvalue weighted by Gasteiger charge is 2.28. The maximum Gasteiger partial charge on any atom is 0.0828 e. The molecule has 2 N–H and O–H groups in total. The largest absolute Gasteiger partial charge is 0.330 e. The average molecular weight is 314 g/mol. The van der Waals surface area contributed by atoms with Crippen molar-refractivity contribution in [1.29, 1.82) is 0 Å². The lowest BCUT2D eigenvalue weighted by atomic mass is 9.99. The fraction of sp³-hybridized carbons (Fsp3) is 0.278. The van der Waals surface area contributed by atoms with E-state index in [0.29, 0.717) is 6.54 Å². The summed E-state index contributed by atoms with van der Waals surface area (Å²) in [5, 5.41) is 7.61. The molecule has 0 saturated carbocycles. The van der Waals surface area contributed by atoms with Crippen molar-refractivity contribution < 1.29 is 0 Å². The second-order valence-electron chi connectivity index (χ2n) is 5.66. The summed E-state index contributed by atoms with van der Waals surface area (Å²) in [5.41, 5.74) is 10.5. The Kier molecular flexibility index (Phi) is 4.46. The molecule has 2 aromatic carbocycles. The Hall–Kier alpha value is -1.84. The predicted octanol–water partition coefficient (Wildman–Crippen LogP) is 4.30. The Morgan fingerprint density at radius 2 is 1.82 bits per heavy atom. The van der Waals surface area contributed by atoms with E-state index in [1.807, 2.05) is 24.3 Å². The van der Waals surface area contributed by atoms with Gasteiger partial charge in [-0.05, 0) is 49.7 Å². The summed E-state index contributed by atoms with van der Waals surface area (Å²) in [4.78, 5) is 0. The first-order chi connectivity index (χ1) is 10.7. The maximum atomic E-state index is 6.00. The molecule has 0 bridgehead atoms. The number of anilines is 1. The lowest BCUT2D eigenvalue weighted by Gasteiger charge is -2.24. The van der Waals surface area contributed by atoms with Crippen molar-refractivity contribution >= 4 is 23.0 Å². The molecule has 1 heterocycles. The van der Waals surface area contributed by atoms with Crippen LogP contribution in [0.25, 0.3) is 0 Å². The van der Waals surface area contributed by atoms with E-state index < -0.39 is 0 Å². The maximum absolute atomic E-state index is 6.00. The monoisotopic (exact) mass is 313 g/mol. The van der Waals surface area contributed by atoms with E-state index in [-0.39, 0.29) is 6.04 Å². The lowest BCUT2D eigenvalue weighted by Crippen LogP contribution is -2.18. The Morgan fingerprint density at radius 3 is 2.45 bits per heavy atom. The van der Waals surface area contributed by atoms with Crippen molar-refractivity contribution in [3.8, 4) is 0 Å². The molecule has 1 atom stereocenters. The second kappa shape index (κ2) is 6.51. The van der Waals surface area contributed by atoms with Crippen LogP contribution in [-0.2, 0) is 0 Å². The zero-order chi connectivity index (χ0) is 15.5. The minimum atomic E-state index is 0.225. The molecule has 22 heavy (non-hydrogen) atoms. The predicted molar refractivity (Wildman–Crippen MR) is 93.6 cm³/mol. The van der Waals surface area contributed by atoms with Gasteiger partial charge in [0, 0.05) is 17.2 Å². The van der Waals surface area contributed by atoms with Crippen LogP contribution in [0.4, 0.5) is 5.69 Å². The summed E-state index contributed by atoms with van der Waals surface area (Å²) in [7, 11) is 0. The molecule has 3 nitrogen and oxygen atoms in total. The normalized spacial score (nSPS) is 17.7. The Labute approximate surface area is 136 Å². The smallest absolute Gasteiger partial charge is 0.0828 e. The fourth-order valence-electron chi connectivity index (χ4n) is 2.77. The van der Waals surface area contributed by atoms with Crippen molar-refractivity contribution in [1.82, 2.24) is 0 Å². The molecule has 0 amide bonds. The zero-order valence-electron chi connectivity index (χ0n) is 12.7. The molecule has 3 rings (SSSR count). The first-order valence-corrected chi connectivity index (χ1v) is 7.93. The van der Waals surface area contributed by atoms with Gasteiger partial charge in [0.1, 0.15) is 0 Å². The number of halogens is 1. The highest BCUT2D eigenvalue weighted by molar-refractivity contribution is 6.30. The first kappa shape index (κ1) is 15.1. The summed E-state index contributed by atoms with van der Waals surface area (Å²) in [6.07, 6.45) is 1.76. The van der Waals surface area contributed by atoms with Gasteiger partial charge in [-0.1, -0.05) is 41.4 Å². The third-order valence-corrected chi connectivity index (χ3v) is 4.21. The summed E-state index contributed by atoms with van der Waals surface area (Å²) < 4.78 is 0. The van der Waals surface area contributed by atoms with Crippen molar-refractivity contribution in [2.24, 2.45) is 10.8 Å². The number of hydrazone groups is 1. The Bertz CT molecular complexity index is 662. The minimum absolute atomic E-state index is 0.225. The second-order valence-corrected chi connectivity index (χ2v) is 6.09. The van der Waals surface area contributed by atoms with Gasteiger partial charge in [-0.25, -0.2) is 0 Å². The van der Waals surface area contributed by atoms with Crippen LogP contribution in [0.3, 0.4) is 0 Å². The van der Waals surface area contributed by atoms with E-state index in [1.165, 1.54) is 11.1 Å². The van der Waals surface area contributed by atoms with Crippen LogP contribution in [-0.4, -0.2) is 12.3 Å². The van der Waals surface area contributed by atoms with Crippen molar-refractivity contribution in [3.63, 3.8) is 0 Å². The van der Waals surface area contributed by atoms with E-state index in [0.717, 1.165) is 29.3 Å². The third kappa shape index (κ3) is 3.16. The third-order valence-electron chi connectivity index (χ3n) is 3.96. The van der Waals surface area contributed by atoms with Gasteiger partial charge >= 0.3 is 0 Å². The number of nitrogens with zero attached hydrogens (tertiary/aromatic N) is 2. The highest BCUT2D eigenvalue weighted by atomic mass is 35.5. The van der Waals surface area contributed by atoms with E-state index >= 15 is 0 Å². The average Bonchev–Trinajstić information content (AvgIpc) is 2.93. The summed E-state index contributed by atoms with van der Waals surface area (Å²) in [6, 6.07) is 16.7. The van der Waals surface area contributed by atoms with E-state index in [9.17, 15) is 0 Å². The van der Waals surface area contributed by atoms with Gasteiger partial charge in [-0.15, -0.1) is 0 Å². The Morgan fingerprint density at radius 1 is 1.14 bits per heavy atom. The SMILES string of the molecule is Cc1ccc(C2CC(CCN)=NN2c2ccc(Cl)cc2)cc1. The van der Waals surface area contributed by atoms with Crippen molar-refractivity contribution in [3.05, 3.63) is 64.7 Å². The van der Waals surface area contributed by atoms with Gasteiger partial charge in [-0.3, -0.25) is 5.01 Å². The highest BCUT2D eigenvalue weighted by Crippen LogP contribution is 2.36. The van der Waals surface area contributed by atoms with Crippen LogP contribution in [0, 0.1) is 6.92 Å². The van der Waals surface area contributed by atoms with Crippen LogP contribution < -0.4 is 10.7 Å². The van der Waals surface area contributed by atoms with E-state index in [1.54, 1.807) is 0 Å². The van der Waals surface area contributed by atoms with E-state index in [4.69, 9.17) is 22.4 Å². The van der Waals surface area contributed by atoms with Gasteiger partial charge in [0.05, 0.1) is 11.7 Å². The van der Waals surface area contributed by atoms with Gasteiger partial charge in [-0.2, -0.15) is 5.10 Å². The molecule has 4 heteroatoms. The summed E-state index contributed by atoms with van der Waals surface area (Å²) in [5.74, 6) is 0. The van der Waals surface area contributed by atoms with E-state index in [2.05, 4.69) is 36.2 Å². The molecule has 0 radical (unpaired) electrons. The van der Waals surface area contributed by atoms with Gasteiger partial charge in [0.15, 0.2) is 0 Å². The van der Waals surface area contributed by atoms with Crippen LogP contribution in [0.1, 0.15) is 30.0 Å². The molecule has 1 aliphatic heterocycles. The topological polar surface area (TPSA) is 41.6 Å². The van der Waals surface area contributed by atoms with Crippen molar-refractivity contribution in [2.45, 2.75) is 25.8 Å². The standard InChI is InChI=1S/C18H20ClN3/c1-13-2-4-14(5-3-13)18-12-16(10-11-20)21-22(18)17-8-6-15(19)7-9-17/h2-9,18H,10-12,20H2,1H3. The number of nitrogens with two attached hydrogens (primary N) is 1. The molecular weight excluding hydrogens is 294 g/mol. The zero-order valence-corrected chi connectivity index (χ0v) is 13.4. The molecule has 0 aliphatic carbocycles. The quantitative estimate of drug-likeness (QED) is 0.914. The number of benzene rings is 2. The molecule has 0 fully saturated rings. The number of hydrogen-bond acceptors (Lipinski definition) is 3. The minimum Gasteiger partial charge on any atom is -0.330 e. The number of aryl methyl sites for hydroxylation is 1. The molecule has 0 aromatic heterocycles. The molecule has 1 unspecified atom stereocenters. The lowest BCUT2D eigenvalue weighted by molar-refractivity contribution is 0.707. The van der Waals surface area contributed by atoms with Crippen molar-refractivity contribution in [2.75, 3.05) is 11.6 Å². The first-order valence-electron chi connectivity index (χ1n) is 7.55. The van der Waals surface area contributed by atoms with Gasteiger partial charge < -0.3 is 5.73 Å². The molecule has 114 valence electrons. The number of rotatable bonds is 4. The number of hydrogen-bond donors (Lipinski definition) is 1. The molecule has 2 aromatic rings. The van der Waals surface area contributed by atoms with Gasteiger partial charge in [0.25, 0.3) is 0 Å². The van der Waals surface area contributed by atoms with Crippen LogP contribution in [0.5, 0.6) is 0 Å². The van der Waals surface area contributed by atoms with Gasteiger partial charge in [0.2, 0.25) is 0 Å².